The molecule has 1 amide bonds. The Morgan fingerprint density at radius 3 is 2.53 bits per heavy atom. The lowest BCUT2D eigenvalue weighted by molar-refractivity contribution is 0.102. The summed E-state index contributed by atoms with van der Waals surface area (Å²) >= 11 is 0. The number of nitrogen functional groups attached to an aromatic ring is 1. The van der Waals surface area contributed by atoms with Crippen molar-refractivity contribution in [3.8, 4) is 0 Å². The lowest BCUT2D eigenvalue weighted by Gasteiger charge is -2.11. The zero-order valence-electron chi connectivity index (χ0n) is 10.8. The molecule has 0 aliphatic heterocycles. The van der Waals surface area contributed by atoms with Crippen molar-refractivity contribution in [2.75, 3.05) is 11.1 Å². The summed E-state index contributed by atoms with van der Waals surface area (Å²) < 4.78 is 13.5. The van der Waals surface area contributed by atoms with Crippen molar-refractivity contribution in [1.82, 2.24) is 0 Å². The number of anilines is 2. The first kappa shape index (κ1) is 13.1. The molecular weight excluding hydrogens is 243 g/mol. The number of aryl methyl sites for hydroxylation is 2. The van der Waals surface area contributed by atoms with Gasteiger partial charge in [-0.15, -0.1) is 0 Å². The summed E-state index contributed by atoms with van der Waals surface area (Å²) in [6, 6.07) is 9.44. The average molecular weight is 258 g/mol. The number of carbonyl (C=O) groups excluding carboxylic acids is 1. The number of halogens is 1. The first-order chi connectivity index (χ1) is 8.99. The molecule has 0 saturated carbocycles. The Kier molecular flexibility index (Phi) is 3.51. The van der Waals surface area contributed by atoms with E-state index in [1.165, 1.54) is 12.1 Å². The monoisotopic (exact) mass is 258 g/mol. The van der Waals surface area contributed by atoms with Crippen LogP contribution in [0.25, 0.3) is 0 Å². The van der Waals surface area contributed by atoms with Gasteiger partial charge in [0.05, 0.1) is 5.56 Å². The third kappa shape index (κ3) is 2.73. The summed E-state index contributed by atoms with van der Waals surface area (Å²) in [5.74, 6) is -1.00. The molecule has 0 aliphatic carbocycles. The van der Waals surface area contributed by atoms with Gasteiger partial charge in [-0.2, -0.15) is 0 Å². The Morgan fingerprint density at radius 2 is 1.84 bits per heavy atom. The van der Waals surface area contributed by atoms with E-state index in [-0.39, 0.29) is 5.56 Å². The van der Waals surface area contributed by atoms with Crippen LogP contribution in [-0.2, 0) is 0 Å². The molecule has 3 N–H and O–H groups in total. The van der Waals surface area contributed by atoms with Gasteiger partial charge in [0, 0.05) is 11.4 Å². The molecule has 0 unspecified atom stereocenters. The van der Waals surface area contributed by atoms with Crippen LogP contribution in [-0.4, -0.2) is 5.91 Å². The highest BCUT2D eigenvalue weighted by atomic mass is 19.1. The minimum Gasteiger partial charge on any atom is -0.399 e. The van der Waals surface area contributed by atoms with E-state index in [9.17, 15) is 9.18 Å². The van der Waals surface area contributed by atoms with Gasteiger partial charge in [-0.25, -0.2) is 4.39 Å². The second-order valence-corrected chi connectivity index (χ2v) is 4.46. The van der Waals surface area contributed by atoms with Crippen LogP contribution in [0.5, 0.6) is 0 Å². The van der Waals surface area contributed by atoms with E-state index in [0.717, 1.165) is 11.1 Å². The van der Waals surface area contributed by atoms with E-state index >= 15 is 0 Å². The second kappa shape index (κ2) is 5.10. The number of nitrogens with one attached hydrogen (secondary N) is 1. The lowest BCUT2D eigenvalue weighted by atomic mass is 10.1. The van der Waals surface area contributed by atoms with Crippen LogP contribution in [0.4, 0.5) is 15.8 Å². The first-order valence-electron chi connectivity index (χ1n) is 5.91. The number of hydrogen-bond donors (Lipinski definition) is 2. The lowest BCUT2D eigenvalue weighted by Crippen LogP contribution is -2.14. The molecule has 0 radical (unpaired) electrons. The molecule has 2 aromatic carbocycles. The Morgan fingerprint density at radius 1 is 1.16 bits per heavy atom. The summed E-state index contributed by atoms with van der Waals surface area (Å²) in [4.78, 5) is 12.0. The zero-order valence-corrected chi connectivity index (χ0v) is 10.8. The summed E-state index contributed by atoms with van der Waals surface area (Å²) in [5.41, 5.74) is 8.82. The Bertz CT molecular complexity index is 638. The smallest absolute Gasteiger partial charge is 0.258 e. The number of hydrogen-bond acceptors (Lipinski definition) is 2. The molecule has 0 spiro atoms. The number of amides is 1. The molecule has 19 heavy (non-hydrogen) atoms. The molecule has 2 rings (SSSR count). The minimum absolute atomic E-state index is 0.0244. The van der Waals surface area contributed by atoms with Gasteiger partial charge in [0.2, 0.25) is 0 Å². The number of nitrogens with two attached hydrogens (primary N) is 1. The molecular formula is C15H15FN2O. The standard InChI is InChI=1S/C15H15FN2O/c1-9-8-14(10(2)7-13(9)17)18-15(19)11-5-3-4-6-12(11)16/h3-8H,17H2,1-2H3,(H,18,19). The summed E-state index contributed by atoms with van der Waals surface area (Å²) in [7, 11) is 0. The molecule has 0 aromatic heterocycles. The zero-order chi connectivity index (χ0) is 14.0. The van der Waals surface area contributed by atoms with Gasteiger partial charge in [-0.1, -0.05) is 12.1 Å². The minimum atomic E-state index is -0.537. The highest BCUT2D eigenvalue weighted by Crippen LogP contribution is 2.22. The van der Waals surface area contributed by atoms with Gasteiger partial charge < -0.3 is 11.1 Å². The molecule has 0 saturated heterocycles. The van der Waals surface area contributed by atoms with E-state index in [4.69, 9.17) is 5.73 Å². The maximum Gasteiger partial charge on any atom is 0.258 e. The predicted molar refractivity (Wildman–Crippen MR) is 74.7 cm³/mol. The van der Waals surface area contributed by atoms with Gasteiger partial charge in [-0.3, -0.25) is 4.79 Å². The first-order valence-corrected chi connectivity index (χ1v) is 5.91. The van der Waals surface area contributed by atoms with Crippen LogP contribution in [0.1, 0.15) is 21.5 Å². The fourth-order valence-corrected chi connectivity index (χ4v) is 1.81. The van der Waals surface area contributed by atoms with Crippen LogP contribution in [0, 0.1) is 19.7 Å². The van der Waals surface area contributed by atoms with Crippen LogP contribution in [0.3, 0.4) is 0 Å². The van der Waals surface area contributed by atoms with E-state index in [1.54, 1.807) is 24.3 Å². The summed E-state index contributed by atoms with van der Waals surface area (Å²) in [6.07, 6.45) is 0. The van der Waals surface area contributed by atoms with Crippen LogP contribution in [0.15, 0.2) is 36.4 Å². The van der Waals surface area contributed by atoms with E-state index in [0.29, 0.717) is 11.4 Å². The van der Waals surface area contributed by atoms with Gasteiger partial charge in [-0.05, 0) is 49.2 Å². The molecule has 3 nitrogen and oxygen atoms in total. The molecule has 98 valence electrons. The van der Waals surface area contributed by atoms with Crippen molar-refractivity contribution >= 4 is 17.3 Å². The Hall–Kier alpha value is -2.36. The van der Waals surface area contributed by atoms with Gasteiger partial charge >= 0.3 is 0 Å². The number of carbonyl (C=O) groups is 1. The molecule has 4 heteroatoms. The highest BCUT2D eigenvalue weighted by Gasteiger charge is 2.12. The highest BCUT2D eigenvalue weighted by molar-refractivity contribution is 6.05. The van der Waals surface area contributed by atoms with E-state index in [2.05, 4.69) is 5.32 Å². The Labute approximate surface area is 111 Å². The van der Waals surface area contributed by atoms with Crippen molar-refractivity contribution in [2.45, 2.75) is 13.8 Å². The number of benzene rings is 2. The van der Waals surface area contributed by atoms with Crippen LogP contribution < -0.4 is 11.1 Å². The quantitative estimate of drug-likeness (QED) is 0.812. The molecule has 0 atom stereocenters. The van der Waals surface area contributed by atoms with Gasteiger partial charge in [0.1, 0.15) is 5.82 Å². The topological polar surface area (TPSA) is 55.1 Å². The maximum absolute atomic E-state index is 13.5. The van der Waals surface area contributed by atoms with Crippen molar-refractivity contribution in [1.29, 1.82) is 0 Å². The van der Waals surface area contributed by atoms with E-state index < -0.39 is 11.7 Å². The fraction of sp³-hybridized carbons (Fsp3) is 0.133. The number of rotatable bonds is 2. The van der Waals surface area contributed by atoms with Crippen molar-refractivity contribution < 1.29 is 9.18 Å². The maximum atomic E-state index is 13.5. The third-order valence-corrected chi connectivity index (χ3v) is 2.98. The Balaban J connectivity index is 2.30. The fourth-order valence-electron chi connectivity index (χ4n) is 1.81. The SMILES string of the molecule is Cc1cc(NC(=O)c2ccccc2F)c(C)cc1N. The second-order valence-electron chi connectivity index (χ2n) is 4.46. The molecule has 0 bridgehead atoms. The molecule has 0 aliphatic rings. The van der Waals surface area contributed by atoms with Crippen LogP contribution >= 0.6 is 0 Å². The van der Waals surface area contributed by atoms with Gasteiger partial charge in [0.15, 0.2) is 0 Å². The van der Waals surface area contributed by atoms with Crippen molar-refractivity contribution in [3.63, 3.8) is 0 Å². The molecule has 2 aromatic rings. The van der Waals surface area contributed by atoms with Crippen molar-refractivity contribution in [3.05, 3.63) is 58.9 Å². The van der Waals surface area contributed by atoms with E-state index in [1.807, 2.05) is 13.8 Å². The summed E-state index contributed by atoms with van der Waals surface area (Å²) in [5, 5.41) is 2.70. The predicted octanol–water partition coefficient (Wildman–Crippen LogP) is 3.28. The van der Waals surface area contributed by atoms with Crippen LogP contribution in [0.2, 0.25) is 0 Å². The molecule has 0 fully saturated rings. The third-order valence-electron chi connectivity index (χ3n) is 2.98. The largest absolute Gasteiger partial charge is 0.399 e. The van der Waals surface area contributed by atoms with Gasteiger partial charge in [0.25, 0.3) is 5.91 Å². The normalized spacial score (nSPS) is 10.3. The molecule has 0 heterocycles. The average Bonchev–Trinajstić information content (AvgIpc) is 2.36. The van der Waals surface area contributed by atoms with Crippen molar-refractivity contribution in [2.24, 2.45) is 0 Å². The summed E-state index contributed by atoms with van der Waals surface area (Å²) in [6.45, 7) is 3.69.